The lowest BCUT2D eigenvalue weighted by molar-refractivity contribution is 0.0941. The number of pyridine rings is 1. The van der Waals surface area contributed by atoms with E-state index in [0.717, 1.165) is 27.7 Å². The Morgan fingerprint density at radius 3 is 2.58 bits per heavy atom. The Kier molecular flexibility index (Phi) is 4.23. The molecule has 26 heavy (non-hydrogen) atoms. The summed E-state index contributed by atoms with van der Waals surface area (Å²) in [5.74, 6) is -0.100. The number of H-pyrrole nitrogens is 1. The van der Waals surface area contributed by atoms with E-state index in [1.54, 1.807) is 0 Å². The molecule has 0 spiro atoms. The van der Waals surface area contributed by atoms with Crippen molar-refractivity contribution in [2.75, 3.05) is 0 Å². The van der Waals surface area contributed by atoms with E-state index in [1.807, 2.05) is 86.0 Å². The molecule has 0 bridgehead atoms. The fourth-order valence-electron chi connectivity index (χ4n) is 3.09. The summed E-state index contributed by atoms with van der Waals surface area (Å²) >= 11 is 0. The van der Waals surface area contributed by atoms with Crippen molar-refractivity contribution in [3.05, 3.63) is 90.3 Å². The van der Waals surface area contributed by atoms with Gasteiger partial charge in [0.15, 0.2) is 0 Å². The highest BCUT2D eigenvalue weighted by atomic mass is 16.1. The summed E-state index contributed by atoms with van der Waals surface area (Å²) in [6.45, 7) is 1.99. The molecule has 128 valence electrons. The first kappa shape index (κ1) is 16.1. The van der Waals surface area contributed by atoms with E-state index in [-0.39, 0.29) is 11.9 Å². The SMILES string of the molecule is CC(NC(=O)c1cc(-c2cc[nH]c2)nc2ccccc12)c1ccccc1. The molecule has 0 saturated heterocycles. The van der Waals surface area contributed by atoms with Crippen molar-refractivity contribution in [3.8, 4) is 11.3 Å². The molecule has 4 aromatic rings. The van der Waals surface area contributed by atoms with Crippen molar-refractivity contribution in [2.45, 2.75) is 13.0 Å². The van der Waals surface area contributed by atoms with Crippen LogP contribution < -0.4 is 5.32 Å². The second-order valence-corrected chi connectivity index (χ2v) is 6.28. The number of hydrogen-bond acceptors (Lipinski definition) is 2. The van der Waals surface area contributed by atoms with E-state index in [0.29, 0.717) is 5.56 Å². The van der Waals surface area contributed by atoms with Gasteiger partial charge in [-0.05, 0) is 30.7 Å². The predicted molar refractivity (Wildman–Crippen MR) is 104 cm³/mol. The third-order valence-corrected chi connectivity index (χ3v) is 4.50. The van der Waals surface area contributed by atoms with Crippen LogP contribution in [0.4, 0.5) is 0 Å². The predicted octanol–water partition coefficient (Wildman–Crippen LogP) is 4.72. The molecule has 2 aromatic heterocycles. The van der Waals surface area contributed by atoms with Crippen LogP contribution in [0.1, 0.15) is 28.9 Å². The molecule has 2 aromatic carbocycles. The molecular weight excluding hydrogens is 322 g/mol. The number of benzene rings is 2. The Morgan fingerprint density at radius 1 is 1.04 bits per heavy atom. The highest BCUT2D eigenvalue weighted by Crippen LogP contribution is 2.25. The Bertz CT molecular complexity index is 1040. The monoisotopic (exact) mass is 341 g/mol. The first-order chi connectivity index (χ1) is 12.7. The van der Waals surface area contributed by atoms with Crippen molar-refractivity contribution < 1.29 is 4.79 Å². The summed E-state index contributed by atoms with van der Waals surface area (Å²) in [4.78, 5) is 20.8. The fraction of sp³-hybridized carbons (Fsp3) is 0.0909. The van der Waals surface area contributed by atoms with Gasteiger partial charge in [0.1, 0.15) is 0 Å². The van der Waals surface area contributed by atoms with Crippen molar-refractivity contribution >= 4 is 16.8 Å². The Balaban J connectivity index is 1.73. The summed E-state index contributed by atoms with van der Waals surface area (Å²) in [7, 11) is 0. The third-order valence-electron chi connectivity index (χ3n) is 4.50. The average Bonchev–Trinajstić information content (AvgIpc) is 3.22. The van der Waals surface area contributed by atoms with Crippen LogP contribution in [0.25, 0.3) is 22.2 Å². The van der Waals surface area contributed by atoms with Gasteiger partial charge in [-0.3, -0.25) is 4.79 Å². The fourth-order valence-corrected chi connectivity index (χ4v) is 3.09. The van der Waals surface area contributed by atoms with Crippen LogP contribution in [-0.4, -0.2) is 15.9 Å². The smallest absolute Gasteiger partial charge is 0.252 e. The number of aromatic amines is 1. The maximum atomic E-state index is 13.0. The van der Waals surface area contributed by atoms with Gasteiger partial charge in [-0.2, -0.15) is 0 Å². The summed E-state index contributed by atoms with van der Waals surface area (Å²) in [6, 6.07) is 21.4. The zero-order valence-electron chi connectivity index (χ0n) is 14.4. The lowest BCUT2D eigenvalue weighted by atomic mass is 10.0. The number of carbonyl (C=O) groups is 1. The zero-order chi connectivity index (χ0) is 17.9. The van der Waals surface area contributed by atoms with Crippen molar-refractivity contribution in [3.63, 3.8) is 0 Å². The lowest BCUT2D eigenvalue weighted by Crippen LogP contribution is -2.27. The van der Waals surface area contributed by atoms with Gasteiger partial charge >= 0.3 is 0 Å². The number of rotatable bonds is 4. The van der Waals surface area contributed by atoms with E-state index in [9.17, 15) is 4.79 Å². The van der Waals surface area contributed by atoms with Gasteiger partial charge in [0.25, 0.3) is 5.91 Å². The van der Waals surface area contributed by atoms with Gasteiger partial charge < -0.3 is 10.3 Å². The first-order valence-electron chi connectivity index (χ1n) is 8.61. The van der Waals surface area contributed by atoms with Gasteiger partial charge in [0.2, 0.25) is 0 Å². The number of carbonyl (C=O) groups excluding carboxylic acids is 1. The van der Waals surface area contributed by atoms with E-state index < -0.39 is 0 Å². The van der Waals surface area contributed by atoms with Gasteiger partial charge in [-0.25, -0.2) is 4.98 Å². The number of aromatic nitrogens is 2. The van der Waals surface area contributed by atoms with Crippen LogP contribution in [-0.2, 0) is 0 Å². The maximum Gasteiger partial charge on any atom is 0.252 e. The van der Waals surface area contributed by atoms with Crippen LogP contribution in [0.5, 0.6) is 0 Å². The van der Waals surface area contributed by atoms with Gasteiger partial charge in [0.05, 0.1) is 22.8 Å². The minimum Gasteiger partial charge on any atom is -0.367 e. The van der Waals surface area contributed by atoms with Crippen LogP contribution in [0.15, 0.2) is 79.1 Å². The van der Waals surface area contributed by atoms with Crippen LogP contribution in [0.2, 0.25) is 0 Å². The number of hydrogen-bond donors (Lipinski definition) is 2. The largest absolute Gasteiger partial charge is 0.367 e. The molecule has 2 N–H and O–H groups in total. The standard InChI is InChI=1S/C22H19N3O/c1-15(16-7-3-2-4-8-16)24-22(26)19-13-21(17-11-12-23-14-17)25-20-10-6-5-9-18(19)20/h2-15,23H,1H3,(H,24,26). The minimum absolute atomic E-state index is 0.0775. The van der Waals surface area contributed by atoms with E-state index in [4.69, 9.17) is 4.98 Å². The molecule has 2 heterocycles. The summed E-state index contributed by atoms with van der Waals surface area (Å²) in [6.07, 6.45) is 3.73. The number of amides is 1. The Morgan fingerprint density at radius 2 is 1.81 bits per heavy atom. The zero-order valence-corrected chi connectivity index (χ0v) is 14.4. The quantitative estimate of drug-likeness (QED) is 0.564. The first-order valence-corrected chi connectivity index (χ1v) is 8.61. The normalized spacial score (nSPS) is 12.0. The lowest BCUT2D eigenvalue weighted by Gasteiger charge is -2.16. The van der Waals surface area contributed by atoms with Crippen LogP contribution in [0.3, 0.4) is 0 Å². The molecule has 0 saturated carbocycles. The van der Waals surface area contributed by atoms with Crippen LogP contribution >= 0.6 is 0 Å². The molecule has 1 atom stereocenters. The van der Waals surface area contributed by atoms with E-state index in [2.05, 4.69) is 10.3 Å². The molecule has 0 aliphatic rings. The second kappa shape index (κ2) is 6.84. The van der Waals surface area contributed by atoms with Crippen molar-refractivity contribution in [1.82, 2.24) is 15.3 Å². The van der Waals surface area contributed by atoms with Crippen molar-refractivity contribution in [2.24, 2.45) is 0 Å². The summed E-state index contributed by atoms with van der Waals surface area (Å²) < 4.78 is 0. The molecule has 4 nitrogen and oxygen atoms in total. The van der Waals surface area contributed by atoms with E-state index >= 15 is 0 Å². The molecular formula is C22H19N3O. The number of para-hydroxylation sites is 1. The maximum absolute atomic E-state index is 13.0. The van der Waals surface area contributed by atoms with Gasteiger partial charge in [0, 0.05) is 23.3 Å². The van der Waals surface area contributed by atoms with Gasteiger partial charge in [-0.15, -0.1) is 0 Å². The van der Waals surface area contributed by atoms with Gasteiger partial charge in [-0.1, -0.05) is 48.5 Å². The molecule has 0 radical (unpaired) electrons. The molecule has 4 rings (SSSR count). The molecule has 0 fully saturated rings. The number of nitrogens with one attached hydrogen (secondary N) is 2. The highest BCUT2D eigenvalue weighted by molar-refractivity contribution is 6.07. The number of fused-ring (bicyclic) bond motifs is 1. The molecule has 0 aliphatic heterocycles. The Labute approximate surface area is 151 Å². The molecule has 0 aliphatic carbocycles. The Hall–Kier alpha value is -3.40. The highest BCUT2D eigenvalue weighted by Gasteiger charge is 2.16. The number of nitrogens with zero attached hydrogens (tertiary/aromatic N) is 1. The second-order valence-electron chi connectivity index (χ2n) is 6.28. The molecule has 4 heteroatoms. The molecule has 1 amide bonds. The minimum atomic E-state index is -0.100. The van der Waals surface area contributed by atoms with Crippen LogP contribution in [0, 0.1) is 0 Å². The summed E-state index contributed by atoms with van der Waals surface area (Å²) in [5, 5.41) is 3.95. The average molecular weight is 341 g/mol. The topological polar surface area (TPSA) is 57.8 Å². The van der Waals surface area contributed by atoms with E-state index in [1.165, 1.54) is 0 Å². The molecule has 1 unspecified atom stereocenters. The van der Waals surface area contributed by atoms with Crippen molar-refractivity contribution in [1.29, 1.82) is 0 Å². The third kappa shape index (κ3) is 3.09. The summed E-state index contributed by atoms with van der Waals surface area (Å²) in [5.41, 5.74) is 4.26.